The molecule has 0 saturated heterocycles. The van der Waals surface area contributed by atoms with E-state index in [4.69, 9.17) is 4.74 Å². The Kier molecular flexibility index (Phi) is 7.41. The predicted octanol–water partition coefficient (Wildman–Crippen LogP) is 0.600. The van der Waals surface area contributed by atoms with Crippen molar-refractivity contribution in [3.8, 4) is 0 Å². The van der Waals surface area contributed by atoms with Gasteiger partial charge in [-0.25, -0.2) is 0 Å². The van der Waals surface area contributed by atoms with Crippen molar-refractivity contribution in [3.63, 3.8) is 0 Å². The van der Waals surface area contributed by atoms with Crippen LogP contribution in [0.1, 0.15) is 20.3 Å². The van der Waals surface area contributed by atoms with E-state index in [9.17, 15) is 14.4 Å². The van der Waals surface area contributed by atoms with E-state index in [1.165, 1.54) is 33.1 Å². The zero-order valence-corrected chi connectivity index (χ0v) is 10.1. The molecule has 0 amide bonds. The highest BCUT2D eigenvalue weighted by Crippen LogP contribution is 2.03. The van der Waals surface area contributed by atoms with Crippen LogP contribution in [0, 0.1) is 0 Å². The van der Waals surface area contributed by atoms with Crippen LogP contribution in [0.25, 0.3) is 0 Å². The van der Waals surface area contributed by atoms with E-state index in [-0.39, 0.29) is 13.0 Å². The number of esters is 3. The number of ether oxygens (including phenoxy) is 3. The van der Waals surface area contributed by atoms with E-state index in [0.717, 1.165) is 0 Å². The molecular formula is C11H16O6. The van der Waals surface area contributed by atoms with Gasteiger partial charge in [0.05, 0.1) is 13.5 Å². The van der Waals surface area contributed by atoms with Crippen LogP contribution in [0.3, 0.4) is 0 Å². The summed E-state index contributed by atoms with van der Waals surface area (Å²) in [5, 5.41) is 0. The molecule has 0 heterocycles. The van der Waals surface area contributed by atoms with E-state index in [0.29, 0.717) is 0 Å². The molecule has 0 aliphatic carbocycles. The minimum Gasteiger partial charge on any atom is -0.469 e. The number of rotatable bonds is 6. The first-order valence-electron chi connectivity index (χ1n) is 4.99. The Morgan fingerprint density at radius 1 is 1.18 bits per heavy atom. The highest BCUT2D eigenvalue weighted by molar-refractivity contribution is 5.71. The molecule has 0 fully saturated rings. The van der Waals surface area contributed by atoms with Gasteiger partial charge in [0, 0.05) is 13.8 Å². The molecule has 0 radical (unpaired) electrons. The van der Waals surface area contributed by atoms with Crippen molar-refractivity contribution < 1.29 is 28.6 Å². The van der Waals surface area contributed by atoms with Crippen LogP contribution in [-0.4, -0.2) is 37.7 Å². The first kappa shape index (κ1) is 15.2. The third kappa shape index (κ3) is 9.10. The van der Waals surface area contributed by atoms with Crippen molar-refractivity contribution >= 4 is 17.9 Å². The molecule has 1 atom stereocenters. The fourth-order valence-corrected chi connectivity index (χ4v) is 0.983. The molecule has 0 aromatic carbocycles. The van der Waals surface area contributed by atoms with Gasteiger partial charge in [0.15, 0.2) is 0 Å². The maximum absolute atomic E-state index is 11.0. The molecule has 0 aromatic rings. The van der Waals surface area contributed by atoms with Crippen molar-refractivity contribution in [1.29, 1.82) is 0 Å². The SMILES string of the molecule is COC(=O)CC(C=CCOC(C)=O)OC(C)=O. The molecule has 6 heteroatoms. The summed E-state index contributed by atoms with van der Waals surface area (Å²) in [6.45, 7) is 2.59. The summed E-state index contributed by atoms with van der Waals surface area (Å²) < 4.78 is 14.0. The van der Waals surface area contributed by atoms with Gasteiger partial charge in [-0.2, -0.15) is 0 Å². The second-order valence-electron chi connectivity index (χ2n) is 3.16. The molecule has 6 nitrogen and oxygen atoms in total. The molecule has 1 unspecified atom stereocenters. The molecule has 0 spiro atoms. The predicted molar refractivity (Wildman–Crippen MR) is 58.0 cm³/mol. The van der Waals surface area contributed by atoms with Crippen LogP contribution in [0.15, 0.2) is 12.2 Å². The molecule has 0 rings (SSSR count). The Morgan fingerprint density at radius 2 is 1.82 bits per heavy atom. The van der Waals surface area contributed by atoms with Crippen LogP contribution in [-0.2, 0) is 28.6 Å². The van der Waals surface area contributed by atoms with Crippen LogP contribution < -0.4 is 0 Å². The Hall–Kier alpha value is -1.85. The van der Waals surface area contributed by atoms with Gasteiger partial charge in [0.25, 0.3) is 0 Å². The Morgan fingerprint density at radius 3 is 2.29 bits per heavy atom. The van der Waals surface area contributed by atoms with Gasteiger partial charge >= 0.3 is 17.9 Å². The van der Waals surface area contributed by atoms with E-state index in [1.54, 1.807) is 0 Å². The maximum atomic E-state index is 11.0. The van der Waals surface area contributed by atoms with Gasteiger partial charge in [-0.15, -0.1) is 0 Å². The molecular weight excluding hydrogens is 228 g/mol. The van der Waals surface area contributed by atoms with Crippen molar-refractivity contribution in [2.75, 3.05) is 13.7 Å². The largest absolute Gasteiger partial charge is 0.469 e. The van der Waals surface area contributed by atoms with E-state index < -0.39 is 24.0 Å². The molecule has 0 N–H and O–H groups in total. The Balaban J connectivity index is 4.22. The highest BCUT2D eigenvalue weighted by Gasteiger charge is 2.13. The standard InChI is InChI=1S/C11H16O6/c1-8(12)16-6-4-5-10(17-9(2)13)7-11(14)15-3/h4-5,10H,6-7H2,1-3H3. The lowest BCUT2D eigenvalue weighted by atomic mass is 10.2. The highest BCUT2D eigenvalue weighted by atomic mass is 16.6. The van der Waals surface area contributed by atoms with Gasteiger partial charge in [-0.3, -0.25) is 14.4 Å². The fourth-order valence-electron chi connectivity index (χ4n) is 0.983. The molecule has 0 aliphatic heterocycles. The Labute approximate surface area is 99.5 Å². The molecule has 0 bridgehead atoms. The summed E-state index contributed by atoms with van der Waals surface area (Å²) in [5.74, 6) is -1.41. The molecule has 0 aliphatic rings. The lowest BCUT2D eigenvalue weighted by Crippen LogP contribution is -2.19. The fraction of sp³-hybridized carbons (Fsp3) is 0.545. The van der Waals surface area contributed by atoms with Crippen molar-refractivity contribution in [2.24, 2.45) is 0 Å². The van der Waals surface area contributed by atoms with Crippen LogP contribution in [0.2, 0.25) is 0 Å². The number of hydrogen-bond donors (Lipinski definition) is 0. The number of carbonyl (C=O) groups is 3. The van der Waals surface area contributed by atoms with Crippen LogP contribution >= 0.6 is 0 Å². The first-order valence-corrected chi connectivity index (χ1v) is 4.99. The average Bonchev–Trinajstić information content (AvgIpc) is 2.22. The van der Waals surface area contributed by atoms with Gasteiger partial charge in [-0.1, -0.05) is 0 Å². The lowest BCUT2D eigenvalue weighted by molar-refractivity contribution is -0.150. The third-order valence-electron chi connectivity index (χ3n) is 1.65. The van der Waals surface area contributed by atoms with Crippen molar-refractivity contribution in [3.05, 3.63) is 12.2 Å². The minimum atomic E-state index is -0.712. The van der Waals surface area contributed by atoms with Gasteiger partial charge in [0.1, 0.15) is 12.7 Å². The summed E-state index contributed by atoms with van der Waals surface area (Å²) in [4.78, 5) is 32.3. The van der Waals surface area contributed by atoms with E-state index in [2.05, 4.69) is 9.47 Å². The number of carbonyl (C=O) groups excluding carboxylic acids is 3. The second kappa shape index (κ2) is 8.32. The number of hydrogen-bond acceptors (Lipinski definition) is 6. The van der Waals surface area contributed by atoms with E-state index in [1.807, 2.05) is 0 Å². The quantitative estimate of drug-likeness (QED) is 0.387. The van der Waals surface area contributed by atoms with Gasteiger partial charge < -0.3 is 14.2 Å². The van der Waals surface area contributed by atoms with Crippen LogP contribution in [0.4, 0.5) is 0 Å². The minimum absolute atomic E-state index is 0.0638. The summed E-state index contributed by atoms with van der Waals surface area (Å²) in [6, 6.07) is 0. The third-order valence-corrected chi connectivity index (χ3v) is 1.65. The average molecular weight is 244 g/mol. The van der Waals surface area contributed by atoms with E-state index >= 15 is 0 Å². The molecule has 0 saturated carbocycles. The normalized spacial score (nSPS) is 11.9. The van der Waals surface area contributed by atoms with Crippen molar-refractivity contribution in [1.82, 2.24) is 0 Å². The van der Waals surface area contributed by atoms with Crippen LogP contribution in [0.5, 0.6) is 0 Å². The zero-order chi connectivity index (χ0) is 13.3. The summed E-state index contributed by atoms with van der Waals surface area (Å²) in [7, 11) is 1.25. The summed E-state index contributed by atoms with van der Waals surface area (Å²) in [6.07, 6.45) is 2.18. The number of methoxy groups -OCH3 is 1. The molecule has 96 valence electrons. The smallest absolute Gasteiger partial charge is 0.309 e. The summed E-state index contributed by atoms with van der Waals surface area (Å²) >= 11 is 0. The van der Waals surface area contributed by atoms with Gasteiger partial charge in [0.2, 0.25) is 0 Å². The van der Waals surface area contributed by atoms with Gasteiger partial charge in [-0.05, 0) is 12.2 Å². The lowest BCUT2D eigenvalue weighted by Gasteiger charge is -2.11. The van der Waals surface area contributed by atoms with Crippen molar-refractivity contribution in [2.45, 2.75) is 26.4 Å². The second-order valence-corrected chi connectivity index (χ2v) is 3.16. The monoisotopic (exact) mass is 244 g/mol. The zero-order valence-electron chi connectivity index (χ0n) is 10.1. The summed E-state index contributed by atoms with van der Waals surface area (Å²) in [5.41, 5.74) is 0. The first-order chi connectivity index (χ1) is 7.95. The topological polar surface area (TPSA) is 78.9 Å². The Bertz CT molecular complexity index is 307. The molecule has 17 heavy (non-hydrogen) atoms. The molecule has 0 aromatic heterocycles. The maximum Gasteiger partial charge on any atom is 0.309 e.